The van der Waals surface area contributed by atoms with Crippen molar-refractivity contribution in [3.63, 3.8) is 0 Å². The lowest BCUT2D eigenvalue weighted by atomic mass is 9.97. The van der Waals surface area contributed by atoms with Crippen molar-refractivity contribution in [1.29, 1.82) is 0 Å². The molecule has 0 aromatic carbocycles. The molecule has 1 saturated carbocycles. The lowest BCUT2D eigenvalue weighted by Gasteiger charge is -2.23. The van der Waals surface area contributed by atoms with Gasteiger partial charge in [-0.1, -0.05) is 37.1 Å². The Hall–Kier alpha value is -0.310. The number of thiophene rings is 1. The second-order valence-electron chi connectivity index (χ2n) is 4.44. The summed E-state index contributed by atoms with van der Waals surface area (Å²) in [5.41, 5.74) is 0. The van der Waals surface area contributed by atoms with Crippen LogP contribution in [0.4, 0.5) is 0 Å². The van der Waals surface area contributed by atoms with E-state index in [0.29, 0.717) is 17.6 Å². The molecule has 1 nitrogen and oxygen atoms in total. The molecule has 1 aromatic heterocycles. The highest BCUT2D eigenvalue weighted by atomic mass is 35.5. The second-order valence-corrected chi connectivity index (χ2v) is 5.95. The van der Waals surface area contributed by atoms with Gasteiger partial charge in [0.15, 0.2) is 0 Å². The molecule has 3 heteroatoms. The van der Waals surface area contributed by atoms with Gasteiger partial charge in [0, 0.05) is 22.5 Å². The molecule has 1 unspecified atom stereocenters. The third kappa shape index (κ3) is 3.09. The van der Waals surface area contributed by atoms with Crippen LogP contribution in [-0.4, -0.2) is 6.54 Å². The SMILES string of the molecule is C=C(Cl)CNC(c1cccs1)C1CCCC1. The first-order chi connectivity index (χ1) is 7.77. The second kappa shape index (κ2) is 5.85. The van der Waals surface area contributed by atoms with Crippen LogP contribution in [0.1, 0.15) is 36.6 Å². The van der Waals surface area contributed by atoms with Crippen LogP contribution in [0.15, 0.2) is 29.1 Å². The third-order valence-corrected chi connectivity index (χ3v) is 4.32. The Kier molecular flexibility index (Phi) is 4.45. The molecule has 0 radical (unpaired) electrons. The Bertz CT molecular complexity index is 328. The van der Waals surface area contributed by atoms with E-state index in [0.717, 1.165) is 5.92 Å². The van der Waals surface area contributed by atoms with Gasteiger partial charge in [0.05, 0.1) is 0 Å². The summed E-state index contributed by atoms with van der Waals surface area (Å²) in [4.78, 5) is 1.44. The minimum Gasteiger partial charge on any atom is -0.304 e. The van der Waals surface area contributed by atoms with Crippen LogP contribution in [0.25, 0.3) is 0 Å². The summed E-state index contributed by atoms with van der Waals surface area (Å²) in [6.07, 6.45) is 5.42. The highest BCUT2D eigenvalue weighted by molar-refractivity contribution is 7.10. The summed E-state index contributed by atoms with van der Waals surface area (Å²) in [7, 11) is 0. The molecule has 0 amide bonds. The van der Waals surface area contributed by atoms with E-state index in [-0.39, 0.29) is 0 Å². The van der Waals surface area contributed by atoms with E-state index in [2.05, 4.69) is 29.4 Å². The summed E-state index contributed by atoms with van der Waals surface area (Å²) < 4.78 is 0. The Morgan fingerprint density at radius 3 is 2.88 bits per heavy atom. The number of hydrogen-bond acceptors (Lipinski definition) is 2. The number of halogens is 1. The zero-order chi connectivity index (χ0) is 11.4. The molecule has 16 heavy (non-hydrogen) atoms. The molecule has 0 aliphatic heterocycles. The molecule has 88 valence electrons. The number of nitrogens with one attached hydrogen (secondary N) is 1. The molecule has 0 saturated heterocycles. The van der Waals surface area contributed by atoms with Crippen LogP contribution in [0.3, 0.4) is 0 Å². The summed E-state index contributed by atoms with van der Waals surface area (Å²) in [5.74, 6) is 0.773. The average molecular weight is 256 g/mol. The van der Waals surface area contributed by atoms with E-state index < -0.39 is 0 Å². The Balaban J connectivity index is 2.03. The maximum absolute atomic E-state index is 5.84. The molecule has 1 aromatic rings. The molecule has 1 heterocycles. The zero-order valence-corrected chi connectivity index (χ0v) is 11.0. The minimum atomic E-state index is 0.470. The molecule has 1 N–H and O–H groups in total. The standard InChI is InChI=1S/C13H18ClNS/c1-10(14)9-15-13(11-5-2-3-6-11)12-7-4-8-16-12/h4,7-8,11,13,15H,1-3,5-6,9H2. The minimum absolute atomic E-state index is 0.470. The summed E-state index contributed by atoms with van der Waals surface area (Å²) in [6.45, 7) is 4.45. The zero-order valence-electron chi connectivity index (χ0n) is 9.42. The van der Waals surface area contributed by atoms with Gasteiger partial charge >= 0.3 is 0 Å². The molecular formula is C13H18ClNS. The van der Waals surface area contributed by atoms with Gasteiger partial charge < -0.3 is 5.32 Å². The van der Waals surface area contributed by atoms with Crippen molar-refractivity contribution in [3.8, 4) is 0 Å². The first-order valence-corrected chi connectivity index (χ1v) is 7.13. The van der Waals surface area contributed by atoms with Crippen LogP contribution in [0.2, 0.25) is 0 Å². The van der Waals surface area contributed by atoms with Crippen LogP contribution >= 0.6 is 22.9 Å². The van der Waals surface area contributed by atoms with E-state index in [1.54, 1.807) is 0 Å². The molecule has 0 spiro atoms. The Morgan fingerprint density at radius 2 is 2.31 bits per heavy atom. The van der Waals surface area contributed by atoms with Gasteiger partial charge in [-0.2, -0.15) is 0 Å². The predicted octanol–water partition coefficient (Wildman–Crippen LogP) is 4.32. The number of rotatable bonds is 5. The first kappa shape index (κ1) is 12.2. The van der Waals surface area contributed by atoms with E-state index in [1.807, 2.05) is 11.3 Å². The van der Waals surface area contributed by atoms with Crippen molar-refractivity contribution >= 4 is 22.9 Å². The fourth-order valence-electron chi connectivity index (χ4n) is 2.48. The smallest absolute Gasteiger partial charge is 0.0446 e. The van der Waals surface area contributed by atoms with Crippen molar-refractivity contribution in [2.75, 3.05) is 6.54 Å². The van der Waals surface area contributed by atoms with Gasteiger partial charge in [0.2, 0.25) is 0 Å². The van der Waals surface area contributed by atoms with Gasteiger partial charge in [-0.25, -0.2) is 0 Å². The fourth-order valence-corrected chi connectivity index (χ4v) is 3.45. The van der Waals surface area contributed by atoms with Crippen LogP contribution in [0, 0.1) is 5.92 Å². The van der Waals surface area contributed by atoms with Gasteiger partial charge in [0.25, 0.3) is 0 Å². The van der Waals surface area contributed by atoms with Crippen molar-refractivity contribution in [3.05, 3.63) is 34.0 Å². The van der Waals surface area contributed by atoms with Crippen molar-refractivity contribution in [2.45, 2.75) is 31.7 Å². The van der Waals surface area contributed by atoms with Crippen LogP contribution in [0.5, 0.6) is 0 Å². The van der Waals surface area contributed by atoms with Crippen molar-refractivity contribution in [2.24, 2.45) is 5.92 Å². The van der Waals surface area contributed by atoms with E-state index in [9.17, 15) is 0 Å². The van der Waals surface area contributed by atoms with Gasteiger partial charge in [-0.15, -0.1) is 11.3 Å². The predicted molar refractivity (Wildman–Crippen MR) is 72.0 cm³/mol. The Morgan fingerprint density at radius 1 is 1.56 bits per heavy atom. The highest BCUT2D eigenvalue weighted by Gasteiger charge is 2.26. The molecular weight excluding hydrogens is 238 g/mol. The molecule has 1 fully saturated rings. The monoisotopic (exact) mass is 255 g/mol. The highest BCUT2D eigenvalue weighted by Crippen LogP contribution is 2.37. The molecule has 1 atom stereocenters. The van der Waals surface area contributed by atoms with Gasteiger partial charge in [-0.3, -0.25) is 0 Å². The molecule has 1 aliphatic rings. The average Bonchev–Trinajstić information content (AvgIpc) is 2.88. The molecule has 2 rings (SSSR count). The van der Waals surface area contributed by atoms with Crippen LogP contribution in [-0.2, 0) is 0 Å². The topological polar surface area (TPSA) is 12.0 Å². The lowest BCUT2D eigenvalue weighted by Crippen LogP contribution is -2.27. The van der Waals surface area contributed by atoms with E-state index in [1.165, 1.54) is 30.6 Å². The maximum atomic E-state index is 5.84. The first-order valence-electron chi connectivity index (χ1n) is 5.87. The maximum Gasteiger partial charge on any atom is 0.0446 e. The summed E-state index contributed by atoms with van der Waals surface area (Å²) in [5, 5.41) is 6.38. The third-order valence-electron chi connectivity index (χ3n) is 3.23. The quantitative estimate of drug-likeness (QED) is 0.826. The molecule has 0 bridgehead atoms. The van der Waals surface area contributed by atoms with E-state index >= 15 is 0 Å². The van der Waals surface area contributed by atoms with Gasteiger partial charge in [0.1, 0.15) is 0 Å². The normalized spacial score (nSPS) is 18.8. The summed E-state index contributed by atoms with van der Waals surface area (Å²) in [6, 6.07) is 4.81. The summed E-state index contributed by atoms with van der Waals surface area (Å²) >= 11 is 7.67. The number of hydrogen-bond donors (Lipinski definition) is 1. The van der Waals surface area contributed by atoms with Crippen molar-refractivity contribution < 1.29 is 0 Å². The fraction of sp³-hybridized carbons (Fsp3) is 0.538. The lowest BCUT2D eigenvalue weighted by molar-refractivity contribution is 0.384. The van der Waals surface area contributed by atoms with E-state index in [4.69, 9.17) is 11.6 Å². The molecule has 1 aliphatic carbocycles. The van der Waals surface area contributed by atoms with Gasteiger partial charge in [-0.05, 0) is 30.2 Å². The Labute approximate surface area is 107 Å². The van der Waals surface area contributed by atoms with Crippen molar-refractivity contribution in [1.82, 2.24) is 5.32 Å². The largest absolute Gasteiger partial charge is 0.304 e. The van der Waals surface area contributed by atoms with Crippen LogP contribution < -0.4 is 5.32 Å².